The van der Waals surface area contributed by atoms with Crippen LogP contribution in [-0.2, 0) is 21.2 Å². The number of hydrogen-bond acceptors (Lipinski definition) is 5. The van der Waals surface area contributed by atoms with E-state index in [1.54, 1.807) is 30.3 Å². The Balaban J connectivity index is 1.28. The molecule has 2 aromatic carbocycles. The largest absolute Gasteiger partial charge is 0.355 e. The van der Waals surface area contributed by atoms with E-state index < -0.39 is 27.7 Å². The van der Waals surface area contributed by atoms with Crippen molar-refractivity contribution in [3.63, 3.8) is 0 Å². The molecule has 0 saturated carbocycles. The van der Waals surface area contributed by atoms with Crippen molar-refractivity contribution in [2.24, 2.45) is 0 Å². The van der Waals surface area contributed by atoms with Gasteiger partial charge in [0.1, 0.15) is 0 Å². The topological polar surface area (TPSA) is 104 Å². The van der Waals surface area contributed by atoms with Crippen LogP contribution in [0.15, 0.2) is 42.5 Å². The number of nitrogens with one attached hydrogen (secondary N) is 1. The Morgan fingerprint density at radius 2 is 1.81 bits per heavy atom. The molecule has 2 heterocycles. The maximum atomic E-state index is 12.7. The third-order valence-electron chi connectivity index (χ3n) is 5.55. The summed E-state index contributed by atoms with van der Waals surface area (Å²) in [6.45, 7) is 2.14. The number of para-hydroxylation sites is 1. The highest BCUT2D eigenvalue weighted by Gasteiger charge is 2.35. The molecule has 2 aliphatic heterocycles. The number of amides is 3. The van der Waals surface area contributed by atoms with Crippen molar-refractivity contribution >= 4 is 33.4 Å². The fourth-order valence-corrected chi connectivity index (χ4v) is 5.36. The molecule has 3 amide bonds. The van der Waals surface area contributed by atoms with E-state index in [2.05, 4.69) is 5.32 Å². The number of rotatable bonds is 7. The maximum Gasteiger partial charge on any atom is 0.261 e. The average Bonchev–Trinajstić information content (AvgIpc) is 3.27. The summed E-state index contributed by atoms with van der Waals surface area (Å²) in [7, 11) is -3.56. The van der Waals surface area contributed by atoms with Crippen LogP contribution < -0.4 is 9.62 Å². The lowest BCUT2D eigenvalue weighted by Crippen LogP contribution is -2.38. The fourth-order valence-electron chi connectivity index (χ4n) is 3.94. The average molecular weight is 442 g/mol. The summed E-state index contributed by atoms with van der Waals surface area (Å²) in [5, 5.41) is 2.58. The van der Waals surface area contributed by atoms with Crippen LogP contribution in [-0.4, -0.2) is 56.4 Å². The molecule has 4 rings (SSSR count). The normalized spacial score (nSPS) is 15.3. The molecule has 1 N–H and O–H groups in total. The van der Waals surface area contributed by atoms with E-state index in [1.165, 1.54) is 4.31 Å². The highest BCUT2D eigenvalue weighted by Crippen LogP contribution is 2.30. The molecule has 9 heteroatoms. The van der Waals surface area contributed by atoms with Gasteiger partial charge in [0.05, 0.1) is 22.6 Å². The van der Waals surface area contributed by atoms with Gasteiger partial charge in [0.25, 0.3) is 11.8 Å². The third kappa shape index (κ3) is 4.05. The summed E-state index contributed by atoms with van der Waals surface area (Å²) in [5.74, 6) is -1.46. The minimum absolute atomic E-state index is 0.0405. The molecule has 0 aliphatic carbocycles. The van der Waals surface area contributed by atoms with Crippen molar-refractivity contribution in [1.29, 1.82) is 0 Å². The lowest BCUT2D eigenvalue weighted by atomic mass is 10.1. The van der Waals surface area contributed by atoms with Gasteiger partial charge in [-0.3, -0.25) is 23.6 Å². The molecule has 0 unspecified atom stereocenters. The van der Waals surface area contributed by atoms with Crippen molar-refractivity contribution in [3.05, 3.63) is 64.7 Å². The Kier molecular flexibility index (Phi) is 5.53. The number of carbonyl (C=O) groups excluding carboxylic acids is 3. The molecule has 8 nitrogen and oxygen atoms in total. The van der Waals surface area contributed by atoms with Crippen LogP contribution in [0.5, 0.6) is 0 Å². The summed E-state index contributed by atoms with van der Waals surface area (Å²) < 4.78 is 26.7. The quantitative estimate of drug-likeness (QED) is 0.656. The van der Waals surface area contributed by atoms with Gasteiger partial charge in [0.2, 0.25) is 15.9 Å². The van der Waals surface area contributed by atoms with Gasteiger partial charge in [0, 0.05) is 26.1 Å². The predicted octanol–water partition coefficient (Wildman–Crippen LogP) is 1.49. The number of sulfonamides is 1. The molecular formula is C22H23N3O5S. The molecule has 0 aromatic heterocycles. The summed E-state index contributed by atoms with van der Waals surface area (Å²) in [6, 6.07) is 12.4. The maximum absolute atomic E-state index is 12.7. The molecule has 162 valence electrons. The molecule has 0 spiro atoms. The number of benzene rings is 2. The number of carbonyl (C=O) groups is 3. The van der Waals surface area contributed by atoms with Gasteiger partial charge in [0.15, 0.2) is 0 Å². The smallest absolute Gasteiger partial charge is 0.261 e. The van der Waals surface area contributed by atoms with E-state index in [0.717, 1.165) is 16.0 Å². The highest BCUT2D eigenvalue weighted by molar-refractivity contribution is 7.92. The number of aryl methyl sites for hydroxylation is 1. The predicted molar refractivity (Wildman–Crippen MR) is 115 cm³/mol. The summed E-state index contributed by atoms with van der Waals surface area (Å²) in [4.78, 5) is 38.1. The SMILES string of the molecule is Cc1ccc2c(c1)C(=O)N(CCC(=O)NCCS(=O)(=O)N1CCc3ccccc31)C2=O. The van der Waals surface area contributed by atoms with Gasteiger partial charge in [-0.25, -0.2) is 8.42 Å². The van der Waals surface area contributed by atoms with Gasteiger partial charge in [-0.1, -0.05) is 29.8 Å². The lowest BCUT2D eigenvalue weighted by Gasteiger charge is -2.19. The van der Waals surface area contributed by atoms with E-state index in [0.29, 0.717) is 29.8 Å². The van der Waals surface area contributed by atoms with Crippen LogP contribution in [0.2, 0.25) is 0 Å². The van der Waals surface area contributed by atoms with Crippen molar-refractivity contribution in [2.75, 3.05) is 29.7 Å². The zero-order valence-electron chi connectivity index (χ0n) is 17.1. The van der Waals surface area contributed by atoms with Gasteiger partial charge in [-0.2, -0.15) is 0 Å². The molecule has 2 aliphatic rings. The molecular weight excluding hydrogens is 418 g/mol. The second-order valence-corrected chi connectivity index (χ2v) is 9.69. The second kappa shape index (κ2) is 8.14. The van der Waals surface area contributed by atoms with Crippen molar-refractivity contribution in [3.8, 4) is 0 Å². The fraction of sp³-hybridized carbons (Fsp3) is 0.318. The number of anilines is 1. The lowest BCUT2D eigenvalue weighted by molar-refractivity contribution is -0.121. The molecule has 0 fully saturated rings. The van der Waals surface area contributed by atoms with E-state index in [4.69, 9.17) is 0 Å². The first-order valence-electron chi connectivity index (χ1n) is 10.1. The molecule has 31 heavy (non-hydrogen) atoms. The van der Waals surface area contributed by atoms with Crippen LogP contribution in [0.4, 0.5) is 5.69 Å². The van der Waals surface area contributed by atoms with E-state index in [9.17, 15) is 22.8 Å². The Labute approximate surface area is 180 Å². The monoisotopic (exact) mass is 441 g/mol. The zero-order chi connectivity index (χ0) is 22.2. The molecule has 0 bridgehead atoms. The minimum Gasteiger partial charge on any atom is -0.355 e. The third-order valence-corrected chi connectivity index (χ3v) is 7.32. The van der Waals surface area contributed by atoms with Crippen LogP contribution in [0.3, 0.4) is 0 Å². The van der Waals surface area contributed by atoms with Crippen molar-refractivity contribution in [2.45, 2.75) is 19.8 Å². The van der Waals surface area contributed by atoms with Crippen molar-refractivity contribution < 1.29 is 22.8 Å². The van der Waals surface area contributed by atoms with E-state index in [1.807, 2.05) is 19.1 Å². The van der Waals surface area contributed by atoms with Crippen LogP contribution in [0, 0.1) is 6.92 Å². The van der Waals surface area contributed by atoms with Crippen LogP contribution in [0.1, 0.15) is 38.3 Å². The van der Waals surface area contributed by atoms with Crippen LogP contribution in [0.25, 0.3) is 0 Å². The highest BCUT2D eigenvalue weighted by atomic mass is 32.2. The Hall–Kier alpha value is -3.20. The Morgan fingerprint density at radius 1 is 1.06 bits per heavy atom. The molecule has 0 saturated heterocycles. The van der Waals surface area contributed by atoms with E-state index in [-0.39, 0.29) is 25.3 Å². The Morgan fingerprint density at radius 3 is 2.61 bits per heavy atom. The number of imide groups is 1. The molecule has 2 aromatic rings. The van der Waals surface area contributed by atoms with E-state index >= 15 is 0 Å². The van der Waals surface area contributed by atoms with Crippen LogP contribution >= 0.6 is 0 Å². The first-order chi connectivity index (χ1) is 14.8. The van der Waals surface area contributed by atoms with Gasteiger partial charge in [-0.05, 0) is 37.1 Å². The summed E-state index contributed by atoms with van der Waals surface area (Å²) in [5.41, 5.74) is 3.25. The summed E-state index contributed by atoms with van der Waals surface area (Å²) in [6.07, 6.45) is 0.582. The summed E-state index contributed by atoms with van der Waals surface area (Å²) >= 11 is 0. The number of fused-ring (bicyclic) bond motifs is 2. The Bertz CT molecular complexity index is 1180. The standard InChI is InChI=1S/C22H23N3O5S/c1-15-6-7-17-18(14-15)22(28)24(21(17)27)11-9-20(26)23-10-13-31(29,30)25-12-8-16-4-2-3-5-19(16)25/h2-7,14H,8-13H2,1H3,(H,23,26). The second-order valence-electron chi connectivity index (χ2n) is 7.68. The van der Waals surface area contributed by atoms with Gasteiger partial charge >= 0.3 is 0 Å². The van der Waals surface area contributed by atoms with Gasteiger partial charge < -0.3 is 5.32 Å². The number of nitrogens with zero attached hydrogens (tertiary/aromatic N) is 2. The number of hydrogen-bond donors (Lipinski definition) is 1. The molecule has 0 radical (unpaired) electrons. The minimum atomic E-state index is -3.56. The van der Waals surface area contributed by atoms with Crippen molar-refractivity contribution in [1.82, 2.24) is 10.2 Å². The zero-order valence-corrected chi connectivity index (χ0v) is 17.9. The first kappa shape index (κ1) is 21.0. The van der Waals surface area contributed by atoms with Gasteiger partial charge in [-0.15, -0.1) is 0 Å². The molecule has 0 atom stereocenters. The first-order valence-corrected chi connectivity index (χ1v) is 11.7.